The van der Waals surface area contributed by atoms with Crippen LogP contribution in [0.25, 0.3) is 5.69 Å². The summed E-state index contributed by atoms with van der Waals surface area (Å²) >= 11 is 0. The largest absolute Gasteiger partial charge is 0.323 e. The SMILES string of the molecule is CCN(C(=O)Nc1c2c(nn1-c1ccccc1)CCC2)C1CC1. The standard InChI is InChI=1S/C18H22N4O/c1-2-21(13-11-12-13)18(23)19-17-15-9-6-10-16(15)20-22(17)14-7-4-3-5-8-14/h3-5,7-8,13H,2,6,9-12H2,1H3,(H,19,23). The van der Waals surface area contributed by atoms with E-state index in [1.165, 1.54) is 5.56 Å². The van der Waals surface area contributed by atoms with Gasteiger partial charge in [0.15, 0.2) is 0 Å². The van der Waals surface area contributed by atoms with Crippen molar-refractivity contribution in [1.29, 1.82) is 0 Å². The normalized spacial score (nSPS) is 16.2. The average molecular weight is 310 g/mol. The number of amides is 2. The quantitative estimate of drug-likeness (QED) is 0.941. The first-order valence-electron chi connectivity index (χ1n) is 8.51. The smallest absolute Gasteiger partial charge is 0.322 e. The number of nitrogens with zero attached hydrogens (tertiary/aromatic N) is 3. The van der Waals surface area contributed by atoms with E-state index in [1.807, 2.05) is 46.8 Å². The van der Waals surface area contributed by atoms with E-state index >= 15 is 0 Å². The third-order valence-corrected chi connectivity index (χ3v) is 4.72. The molecule has 0 saturated heterocycles. The second kappa shape index (κ2) is 5.72. The summed E-state index contributed by atoms with van der Waals surface area (Å²) in [4.78, 5) is 14.6. The topological polar surface area (TPSA) is 50.2 Å². The maximum Gasteiger partial charge on any atom is 0.323 e. The highest BCUT2D eigenvalue weighted by atomic mass is 16.2. The van der Waals surface area contributed by atoms with Gasteiger partial charge in [-0.3, -0.25) is 5.32 Å². The number of para-hydroxylation sites is 1. The van der Waals surface area contributed by atoms with Crippen LogP contribution in [0, 0.1) is 0 Å². The maximum atomic E-state index is 12.7. The van der Waals surface area contributed by atoms with Crippen molar-refractivity contribution < 1.29 is 4.79 Å². The number of hydrogen-bond donors (Lipinski definition) is 1. The van der Waals surface area contributed by atoms with Crippen LogP contribution in [0.5, 0.6) is 0 Å². The zero-order valence-corrected chi connectivity index (χ0v) is 13.5. The molecule has 2 aromatic rings. The summed E-state index contributed by atoms with van der Waals surface area (Å²) in [5.41, 5.74) is 3.32. The lowest BCUT2D eigenvalue weighted by atomic mass is 10.2. The Kier molecular flexibility index (Phi) is 3.56. The van der Waals surface area contributed by atoms with Crippen molar-refractivity contribution >= 4 is 11.8 Å². The van der Waals surface area contributed by atoms with Gasteiger partial charge in [-0.05, 0) is 51.2 Å². The Hall–Kier alpha value is -2.30. The van der Waals surface area contributed by atoms with Crippen molar-refractivity contribution in [2.24, 2.45) is 0 Å². The minimum Gasteiger partial charge on any atom is -0.322 e. The second-order valence-electron chi connectivity index (χ2n) is 6.32. The molecule has 0 spiro atoms. The molecule has 1 fully saturated rings. The van der Waals surface area contributed by atoms with Crippen molar-refractivity contribution in [3.05, 3.63) is 41.6 Å². The van der Waals surface area contributed by atoms with E-state index in [9.17, 15) is 4.79 Å². The number of urea groups is 1. The molecule has 5 nitrogen and oxygen atoms in total. The van der Waals surface area contributed by atoms with Gasteiger partial charge in [-0.1, -0.05) is 18.2 Å². The Labute approximate surface area is 136 Å². The molecule has 5 heteroatoms. The molecule has 1 saturated carbocycles. The molecule has 0 atom stereocenters. The fourth-order valence-corrected chi connectivity index (χ4v) is 3.40. The summed E-state index contributed by atoms with van der Waals surface area (Å²) in [5, 5.41) is 7.89. The van der Waals surface area contributed by atoms with E-state index in [-0.39, 0.29) is 6.03 Å². The predicted octanol–water partition coefficient (Wildman–Crippen LogP) is 3.38. The number of nitrogens with one attached hydrogen (secondary N) is 1. The number of anilines is 1. The molecule has 2 aliphatic carbocycles. The maximum absolute atomic E-state index is 12.7. The minimum absolute atomic E-state index is 0.00165. The van der Waals surface area contributed by atoms with Gasteiger partial charge in [0, 0.05) is 18.2 Å². The number of aromatic nitrogens is 2. The van der Waals surface area contributed by atoms with Crippen LogP contribution in [0.1, 0.15) is 37.4 Å². The van der Waals surface area contributed by atoms with Crippen molar-refractivity contribution in [1.82, 2.24) is 14.7 Å². The zero-order valence-electron chi connectivity index (χ0n) is 13.5. The van der Waals surface area contributed by atoms with Crippen molar-refractivity contribution in [3.63, 3.8) is 0 Å². The molecule has 0 unspecified atom stereocenters. The third-order valence-electron chi connectivity index (χ3n) is 4.72. The number of hydrogen-bond acceptors (Lipinski definition) is 2. The van der Waals surface area contributed by atoms with Gasteiger partial charge in [-0.2, -0.15) is 5.10 Å². The fourth-order valence-electron chi connectivity index (χ4n) is 3.40. The number of aryl methyl sites for hydroxylation is 1. The van der Waals surface area contributed by atoms with E-state index in [4.69, 9.17) is 5.10 Å². The molecule has 23 heavy (non-hydrogen) atoms. The molecule has 1 aromatic carbocycles. The molecule has 0 radical (unpaired) electrons. The van der Waals surface area contributed by atoms with Crippen molar-refractivity contribution in [3.8, 4) is 5.69 Å². The summed E-state index contributed by atoms with van der Waals surface area (Å²) in [7, 11) is 0. The fraction of sp³-hybridized carbons (Fsp3) is 0.444. The molecule has 0 aliphatic heterocycles. The molecule has 1 N–H and O–H groups in total. The van der Waals surface area contributed by atoms with Crippen LogP contribution < -0.4 is 5.32 Å². The molecule has 1 heterocycles. The van der Waals surface area contributed by atoms with Crippen LogP contribution in [-0.2, 0) is 12.8 Å². The number of benzene rings is 1. The molecule has 0 bridgehead atoms. The second-order valence-corrected chi connectivity index (χ2v) is 6.32. The molecular weight excluding hydrogens is 288 g/mol. The van der Waals surface area contributed by atoms with Gasteiger partial charge >= 0.3 is 6.03 Å². The van der Waals surface area contributed by atoms with Gasteiger partial charge in [0.05, 0.1) is 11.4 Å². The Morgan fingerprint density at radius 1 is 1.30 bits per heavy atom. The third kappa shape index (κ3) is 2.60. The Balaban J connectivity index is 1.68. The van der Waals surface area contributed by atoms with Crippen LogP contribution in [0.4, 0.5) is 10.6 Å². The van der Waals surface area contributed by atoms with Gasteiger partial charge in [0.1, 0.15) is 5.82 Å². The predicted molar refractivity (Wildman–Crippen MR) is 90.0 cm³/mol. The van der Waals surface area contributed by atoms with Crippen LogP contribution in [0.2, 0.25) is 0 Å². The lowest BCUT2D eigenvalue weighted by Crippen LogP contribution is -2.37. The lowest BCUT2D eigenvalue weighted by molar-refractivity contribution is 0.211. The highest BCUT2D eigenvalue weighted by molar-refractivity contribution is 5.90. The highest BCUT2D eigenvalue weighted by Gasteiger charge is 2.33. The highest BCUT2D eigenvalue weighted by Crippen LogP contribution is 2.32. The van der Waals surface area contributed by atoms with Gasteiger partial charge < -0.3 is 4.90 Å². The Morgan fingerprint density at radius 2 is 2.09 bits per heavy atom. The summed E-state index contributed by atoms with van der Waals surface area (Å²) < 4.78 is 1.89. The Morgan fingerprint density at radius 3 is 2.78 bits per heavy atom. The van der Waals surface area contributed by atoms with E-state index in [0.717, 1.165) is 55.8 Å². The summed E-state index contributed by atoms with van der Waals surface area (Å²) in [5.74, 6) is 0.854. The van der Waals surface area contributed by atoms with E-state index in [0.29, 0.717) is 6.04 Å². The van der Waals surface area contributed by atoms with Crippen LogP contribution >= 0.6 is 0 Å². The minimum atomic E-state index is 0.00165. The number of rotatable bonds is 4. The van der Waals surface area contributed by atoms with Crippen LogP contribution in [0.15, 0.2) is 30.3 Å². The van der Waals surface area contributed by atoms with Crippen LogP contribution in [0.3, 0.4) is 0 Å². The molecule has 2 amide bonds. The average Bonchev–Trinajstić information content (AvgIpc) is 3.19. The first-order chi connectivity index (χ1) is 11.3. The monoisotopic (exact) mass is 310 g/mol. The Bertz CT molecular complexity index is 718. The first-order valence-corrected chi connectivity index (χ1v) is 8.51. The molecule has 120 valence electrons. The summed E-state index contributed by atoms with van der Waals surface area (Å²) in [6.07, 6.45) is 5.36. The lowest BCUT2D eigenvalue weighted by Gasteiger charge is -2.21. The number of carbonyl (C=O) groups excluding carboxylic acids is 1. The van der Waals surface area contributed by atoms with Gasteiger partial charge in [-0.25, -0.2) is 9.48 Å². The zero-order chi connectivity index (χ0) is 15.8. The van der Waals surface area contributed by atoms with Gasteiger partial charge in [-0.15, -0.1) is 0 Å². The first kappa shape index (κ1) is 14.3. The van der Waals surface area contributed by atoms with E-state index in [2.05, 4.69) is 5.32 Å². The summed E-state index contributed by atoms with van der Waals surface area (Å²) in [6.45, 7) is 2.79. The van der Waals surface area contributed by atoms with E-state index < -0.39 is 0 Å². The molecular formula is C18H22N4O. The van der Waals surface area contributed by atoms with Crippen molar-refractivity contribution in [2.45, 2.75) is 45.1 Å². The molecule has 4 rings (SSSR count). The van der Waals surface area contributed by atoms with Gasteiger partial charge in [0.2, 0.25) is 0 Å². The number of fused-ring (bicyclic) bond motifs is 1. The summed E-state index contributed by atoms with van der Waals surface area (Å²) in [6, 6.07) is 10.5. The van der Waals surface area contributed by atoms with Crippen LogP contribution in [-0.4, -0.2) is 33.3 Å². The van der Waals surface area contributed by atoms with Gasteiger partial charge in [0.25, 0.3) is 0 Å². The number of carbonyl (C=O) groups is 1. The van der Waals surface area contributed by atoms with E-state index in [1.54, 1.807) is 0 Å². The van der Waals surface area contributed by atoms with Crippen molar-refractivity contribution in [2.75, 3.05) is 11.9 Å². The molecule has 2 aliphatic rings. The molecule has 1 aromatic heterocycles.